The molecule has 0 aromatic carbocycles. The molecule has 1 amide bonds. The molecule has 0 aromatic rings. The van der Waals surface area contributed by atoms with Crippen molar-refractivity contribution in [2.75, 3.05) is 6.54 Å². The highest BCUT2D eigenvalue weighted by Gasteiger charge is 2.49. The van der Waals surface area contributed by atoms with Crippen LogP contribution in [-0.2, 0) is 9.59 Å². The number of carbonyl (C=O) groups excluding carboxylic acids is 1. The van der Waals surface area contributed by atoms with E-state index in [4.69, 9.17) is 0 Å². The average Bonchev–Trinajstić information content (AvgIpc) is 2.95. The van der Waals surface area contributed by atoms with Gasteiger partial charge < -0.3 is 10.0 Å². The zero-order valence-electron chi connectivity index (χ0n) is 9.90. The topological polar surface area (TPSA) is 57.6 Å². The van der Waals surface area contributed by atoms with Crippen LogP contribution in [0.5, 0.6) is 0 Å². The first-order chi connectivity index (χ1) is 7.47. The third-order valence-corrected chi connectivity index (χ3v) is 4.04. The molecule has 1 saturated heterocycles. The highest BCUT2D eigenvalue weighted by molar-refractivity contribution is 5.89. The molecule has 1 saturated carbocycles. The van der Waals surface area contributed by atoms with Crippen molar-refractivity contribution in [2.45, 2.75) is 45.1 Å². The van der Waals surface area contributed by atoms with Crippen molar-refractivity contribution in [3.05, 3.63) is 0 Å². The van der Waals surface area contributed by atoms with Gasteiger partial charge in [-0.15, -0.1) is 0 Å². The summed E-state index contributed by atoms with van der Waals surface area (Å²) in [5.41, 5.74) is -0.975. The van der Waals surface area contributed by atoms with Gasteiger partial charge in [0.1, 0.15) is 5.54 Å². The maximum atomic E-state index is 12.2. The fourth-order valence-electron chi connectivity index (χ4n) is 2.56. The van der Waals surface area contributed by atoms with Crippen molar-refractivity contribution in [2.24, 2.45) is 11.8 Å². The lowest BCUT2D eigenvalue weighted by Gasteiger charge is -2.41. The summed E-state index contributed by atoms with van der Waals surface area (Å²) in [4.78, 5) is 25.1. The predicted molar refractivity (Wildman–Crippen MR) is 58.9 cm³/mol. The summed E-state index contributed by atoms with van der Waals surface area (Å²) < 4.78 is 0. The van der Waals surface area contributed by atoms with Gasteiger partial charge in [-0.2, -0.15) is 0 Å². The third kappa shape index (κ3) is 1.70. The Morgan fingerprint density at radius 1 is 1.38 bits per heavy atom. The van der Waals surface area contributed by atoms with Crippen LogP contribution in [0.1, 0.15) is 39.5 Å². The highest BCUT2D eigenvalue weighted by atomic mass is 16.4. The van der Waals surface area contributed by atoms with Gasteiger partial charge in [-0.25, -0.2) is 4.79 Å². The van der Waals surface area contributed by atoms with Crippen molar-refractivity contribution in [3.8, 4) is 0 Å². The minimum absolute atomic E-state index is 0.0529. The molecule has 3 atom stereocenters. The van der Waals surface area contributed by atoms with Crippen LogP contribution in [-0.4, -0.2) is 34.0 Å². The second-order valence-corrected chi connectivity index (χ2v) is 5.35. The molecular formula is C12H19NO3. The maximum absolute atomic E-state index is 12.2. The number of carboxylic acid groups (broad SMARTS) is 1. The van der Waals surface area contributed by atoms with Crippen molar-refractivity contribution < 1.29 is 14.7 Å². The van der Waals surface area contributed by atoms with Gasteiger partial charge in [0.2, 0.25) is 5.91 Å². The van der Waals surface area contributed by atoms with E-state index in [9.17, 15) is 14.7 Å². The Kier molecular flexibility index (Phi) is 2.68. The molecule has 0 radical (unpaired) electrons. The van der Waals surface area contributed by atoms with E-state index in [-0.39, 0.29) is 11.8 Å². The lowest BCUT2D eigenvalue weighted by molar-refractivity contribution is -0.161. The lowest BCUT2D eigenvalue weighted by Crippen LogP contribution is -2.58. The summed E-state index contributed by atoms with van der Waals surface area (Å²) in [5.74, 6) is -0.296. The van der Waals surface area contributed by atoms with E-state index >= 15 is 0 Å². The van der Waals surface area contributed by atoms with Gasteiger partial charge in [0.05, 0.1) is 0 Å². The SMILES string of the molecule is CC1CC1C(=O)N1CCCCC1(C)C(=O)O. The first-order valence-corrected chi connectivity index (χ1v) is 6.01. The molecule has 1 heterocycles. The molecule has 1 aliphatic carbocycles. The highest BCUT2D eigenvalue weighted by Crippen LogP contribution is 2.42. The van der Waals surface area contributed by atoms with Crippen molar-refractivity contribution >= 4 is 11.9 Å². The van der Waals surface area contributed by atoms with Crippen molar-refractivity contribution in [1.29, 1.82) is 0 Å². The van der Waals surface area contributed by atoms with E-state index in [0.717, 1.165) is 19.3 Å². The fourth-order valence-corrected chi connectivity index (χ4v) is 2.56. The fraction of sp³-hybridized carbons (Fsp3) is 0.833. The van der Waals surface area contributed by atoms with Gasteiger partial charge in [0.15, 0.2) is 0 Å². The molecule has 1 N–H and O–H groups in total. The number of carboxylic acids is 1. The molecule has 4 nitrogen and oxygen atoms in total. The van der Waals surface area contributed by atoms with Crippen LogP contribution >= 0.6 is 0 Å². The van der Waals surface area contributed by atoms with E-state index in [1.165, 1.54) is 0 Å². The zero-order valence-corrected chi connectivity index (χ0v) is 9.90. The molecule has 2 rings (SSSR count). The van der Waals surface area contributed by atoms with Crippen LogP contribution in [0.3, 0.4) is 0 Å². The van der Waals surface area contributed by atoms with Crippen LogP contribution in [0.4, 0.5) is 0 Å². The molecule has 4 heteroatoms. The maximum Gasteiger partial charge on any atom is 0.329 e. The summed E-state index contributed by atoms with van der Waals surface area (Å²) in [6, 6.07) is 0. The van der Waals surface area contributed by atoms with E-state index in [2.05, 4.69) is 0 Å². The molecule has 0 aromatic heterocycles. The van der Waals surface area contributed by atoms with Crippen molar-refractivity contribution in [1.82, 2.24) is 4.90 Å². The molecule has 2 fully saturated rings. The van der Waals surface area contributed by atoms with Crippen LogP contribution < -0.4 is 0 Å². The van der Waals surface area contributed by atoms with Crippen LogP contribution in [0.15, 0.2) is 0 Å². The molecular weight excluding hydrogens is 206 g/mol. The van der Waals surface area contributed by atoms with E-state index in [1.807, 2.05) is 6.92 Å². The number of amides is 1. The Morgan fingerprint density at radius 2 is 2.00 bits per heavy atom. The summed E-state index contributed by atoms with van der Waals surface area (Å²) in [5, 5.41) is 9.29. The predicted octanol–water partition coefficient (Wildman–Crippen LogP) is 1.50. The quantitative estimate of drug-likeness (QED) is 0.774. The number of hydrogen-bond acceptors (Lipinski definition) is 2. The largest absolute Gasteiger partial charge is 0.480 e. The average molecular weight is 225 g/mol. The van der Waals surface area contributed by atoms with Crippen LogP contribution in [0.2, 0.25) is 0 Å². The van der Waals surface area contributed by atoms with Gasteiger partial charge in [-0.3, -0.25) is 4.79 Å². The number of piperidine rings is 1. The van der Waals surface area contributed by atoms with Crippen LogP contribution in [0, 0.1) is 11.8 Å². The monoisotopic (exact) mass is 225 g/mol. The smallest absolute Gasteiger partial charge is 0.329 e. The first kappa shape index (κ1) is 11.4. The summed E-state index contributed by atoms with van der Waals surface area (Å²) >= 11 is 0. The number of carbonyl (C=O) groups is 2. The molecule has 0 bridgehead atoms. The number of likely N-dealkylation sites (tertiary alicyclic amines) is 1. The van der Waals surface area contributed by atoms with Crippen molar-refractivity contribution in [3.63, 3.8) is 0 Å². The summed E-state index contributed by atoms with van der Waals surface area (Å²) in [6.45, 7) is 4.33. The van der Waals surface area contributed by atoms with Crippen LogP contribution in [0.25, 0.3) is 0 Å². The number of aliphatic carboxylic acids is 1. The second kappa shape index (κ2) is 3.75. The first-order valence-electron chi connectivity index (χ1n) is 6.01. The molecule has 3 unspecified atom stereocenters. The normalized spacial score (nSPS) is 38.2. The Hall–Kier alpha value is -1.06. The molecule has 0 spiro atoms. The summed E-state index contributed by atoms with van der Waals surface area (Å²) in [6.07, 6.45) is 3.32. The summed E-state index contributed by atoms with van der Waals surface area (Å²) in [7, 11) is 0. The third-order valence-electron chi connectivity index (χ3n) is 4.04. The Labute approximate surface area is 95.6 Å². The van der Waals surface area contributed by atoms with Gasteiger partial charge in [-0.1, -0.05) is 6.92 Å². The van der Waals surface area contributed by atoms with Gasteiger partial charge in [-0.05, 0) is 38.5 Å². The zero-order chi connectivity index (χ0) is 11.9. The minimum atomic E-state index is -0.975. The molecule has 90 valence electrons. The molecule has 16 heavy (non-hydrogen) atoms. The minimum Gasteiger partial charge on any atom is -0.480 e. The molecule has 1 aliphatic heterocycles. The van der Waals surface area contributed by atoms with Gasteiger partial charge in [0.25, 0.3) is 0 Å². The number of nitrogens with zero attached hydrogens (tertiary/aromatic N) is 1. The van der Waals surface area contributed by atoms with Gasteiger partial charge in [0, 0.05) is 12.5 Å². The Balaban J connectivity index is 2.16. The second-order valence-electron chi connectivity index (χ2n) is 5.35. The number of rotatable bonds is 2. The lowest BCUT2D eigenvalue weighted by atomic mass is 9.88. The van der Waals surface area contributed by atoms with E-state index < -0.39 is 11.5 Å². The standard InChI is InChI=1S/C12H19NO3/c1-8-7-9(8)10(14)13-6-4-3-5-12(13,2)11(15)16/h8-9H,3-7H2,1-2H3,(H,15,16). The Morgan fingerprint density at radius 3 is 2.50 bits per heavy atom. The Bertz CT molecular complexity index is 328. The van der Waals surface area contributed by atoms with Gasteiger partial charge >= 0.3 is 5.97 Å². The van der Waals surface area contributed by atoms with E-state index in [1.54, 1.807) is 11.8 Å². The number of hydrogen-bond donors (Lipinski definition) is 1. The molecule has 2 aliphatic rings. The van der Waals surface area contributed by atoms with E-state index in [0.29, 0.717) is 18.9 Å².